The number of nitrogens with one attached hydrogen (secondary N) is 1. The minimum atomic E-state index is -0.388. The molecule has 2 aromatic carbocycles. The molecule has 9 heteroatoms. The third-order valence-corrected chi connectivity index (χ3v) is 8.37. The number of anilines is 1. The van der Waals surface area contributed by atoms with Crippen LogP contribution in [0.3, 0.4) is 0 Å². The van der Waals surface area contributed by atoms with E-state index in [1.54, 1.807) is 6.07 Å². The lowest BCUT2D eigenvalue weighted by atomic mass is 10.1. The maximum atomic E-state index is 14.0. The van der Waals surface area contributed by atoms with Crippen LogP contribution in [0.25, 0.3) is 38.5 Å². The highest BCUT2D eigenvalue weighted by Gasteiger charge is 2.27. The number of carbonyl (C=O) groups excluding carboxylic acids is 1. The number of hydrogen-bond donors (Lipinski definition) is 2. The molecule has 2 saturated heterocycles. The summed E-state index contributed by atoms with van der Waals surface area (Å²) in [5, 5.41) is 15.7. The second kappa shape index (κ2) is 9.36. The van der Waals surface area contributed by atoms with E-state index in [0.29, 0.717) is 48.6 Å². The number of aliphatic hydroxyl groups is 1. The van der Waals surface area contributed by atoms with Gasteiger partial charge in [0, 0.05) is 33.2 Å². The minimum Gasteiger partial charge on any atom is -0.391 e. The summed E-state index contributed by atoms with van der Waals surface area (Å²) in [5.74, 6) is 0.355. The second-order valence-corrected chi connectivity index (χ2v) is 10.8. The molecule has 5 aromatic rings. The van der Waals surface area contributed by atoms with E-state index in [1.807, 2.05) is 39.1 Å². The number of pyridine rings is 2. The Balaban J connectivity index is 1.45. The van der Waals surface area contributed by atoms with Crippen LogP contribution in [0.5, 0.6) is 0 Å². The molecule has 1 amide bonds. The Hall–Kier alpha value is -3.95. The van der Waals surface area contributed by atoms with Gasteiger partial charge in [0.1, 0.15) is 17.0 Å². The zero-order valence-electron chi connectivity index (χ0n) is 22.1. The van der Waals surface area contributed by atoms with Crippen LogP contribution in [-0.4, -0.2) is 75.2 Å². The van der Waals surface area contributed by atoms with Crippen LogP contribution in [-0.2, 0) is 7.05 Å². The van der Waals surface area contributed by atoms with Crippen molar-refractivity contribution in [2.75, 3.05) is 44.2 Å². The Morgan fingerprint density at radius 2 is 1.79 bits per heavy atom. The molecule has 0 bridgehead atoms. The fraction of sp³-hybridized carbons (Fsp3) is 0.367. The number of β-amino-alcohol motifs (C(OH)–C–C–N with tert-alkyl or cyclic N) is 1. The number of hydrogen-bond acceptors (Lipinski definition) is 6. The average Bonchev–Trinajstić information content (AvgIpc) is 3.68. The summed E-state index contributed by atoms with van der Waals surface area (Å²) in [6.07, 6.45) is 2.68. The van der Waals surface area contributed by atoms with E-state index >= 15 is 0 Å². The van der Waals surface area contributed by atoms with E-state index in [2.05, 4.69) is 34.5 Å². The summed E-state index contributed by atoms with van der Waals surface area (Å²) in [7, 11) is 1.90. The van der Waals surface area contributed by atoms with Gasteiger partial charge in [0.25, 0.3) is 5.91 Å². The normalized spacial score (nSPS) is 18.3. The fourth-order valence-electron chi connectivity index (χ4n) is 6.31. The Kier molecular flexibility index (Phi) is 5.79. The highest BCUT2D eigenvalue weighted by molar-refractivity contribution is 6.07. The second-order valence-electron chi connectivity index (χ2n) is 10.8. The van der Waals surface area contributed by atoms with Gasteiger partial charge in [-0.1, -0.05) is 24.3 Å². The molecule has 1 unspecified atom stereocenters. The molecule has 0 aliphatic carbocycles. The van der Waals surface area contributed by atoms with E-state index in [1.165, 1.54) is 12.8 Å². The molecule has 2 N–H and O–H groups in total. The molecule has 200 valence electrons. The Morgan fingerprint density at radius 3 is 2.51 bits per heavy atom. The van der Waals surface area contributed by atoms with Gasteiger partial charge in [-0.3, -0.25) is 14.0 Å². The molecule has 2 aliphatic rings. The van der Waals surface area contributed by atoms with E-state index in [9.17, 15) is 14.7 Å². The Bertz CT molecular complexity index is 1820. The van der Waals surface area contributed by atoms with Crippen LogP contribution in [0.15, 0.2) is 53.3 Å². The van der Waals surface area contributed by atoms with E-state index in [0.717, 1.165) is 41.4 Å². The summed E-state index contributed by atoms with van der Waals surface area (Å²) in [4.78, 5) is 37.0. The molecule has 2 aliphatic heterocycles. The number of fused-ring (bicyclic) bond motifs is 6. The zero-order chi connectivity index (χ0) is 26.7. The number of aryl methyl sites for hydroxylation is 1. The highest BCUT2D eigenvalue weighted by Crippen LogP contribution is 2.30. The number of aliphatic hydroxyl groups excluding tert-OH is 1. The van der Waals surface area contributed by atoms with Crippen LogP contribution in [0.4, 0.5) is 5.82 Å². The number of carbonyl (C=O) groups is 1. The van der Waals surface area contributed by atoms with Gasteiger partial charge in [0.15, 0.2) is 5.65 Å². The monoisotopic (exact) mass is 524 g/mol. The van der Waals surface area contributed by atoms with Crippen molar-refractivity contribution in [2.24, 2.45) is 7.05 Å². The van der Waals surface area contributed by atoms with Crippen molar-refractivity contribution < 1.29 is 9.90 Å². The first-order chi connectivity index (χ1) is 19.0. The summed E-state index contributed by atoms with van der Waals surface area (Å²) < 4.78 is 3.90. The van der Waals surface area contributed by atoms with Gasteiger partial charge in [0.2, 0.25) is 5.43 Å². The topological polar surface area (TPSA) is 95.1 Å². The highest BCUT2D eigenvalue weighted by atomic mass is 16.3. The lowest BCUT2D eigenvalue weighted by molar-refractivity contribution is 0.0950. The van der Waals surface area contributed by atoms with Crippen molar-refractivity contribution in [1.82, 2.24) is 24.2 Å². The number of aromatic nitrogens is 3. The fourth-order valence-corrected chi connectivity index (χ4v) is 6.31. The predicted octanol–water partition coefficient (Wildman–Crippen LogP) is 2.89. The predicted molar refractivity (Wildman–Crippen MR) is 154 cm³/mol. The molecular formula is C30H32N6O3. The van der Waals surface area contributed by atoms with E-state index in [-0.39, 0.29) is 23.0 Å². The first-order valence-electron chi connectivity index (χ1n) is 13.8. The molecule has 5 heterocycles. The van der Waals surface area contributed by atoms with Gasteiger partial charge < -0.3 is 24.8 Å². The molecule has 7 rings (SSSR count). The third kappa shape index (κ3) is 3.95. The van der Waals surface area contributed by atoms with Crippen molar-refractivity contribution in [2.45, 2.75) is 25.4 Å². The number of nitrogens with zero attached hydrogens (tertiary/aromatic N) is 5. The SMILES string of the molecule is Cn1c2cc3ccccc3cc2n2c3nc(N4CCC(O)C4)ccc3c(=O)c(C(=O)NCCN3CCCC3)c12. The van der Waals surface area contributed by atoms with Gasteiger partial charge >= 0.3 is 0 Å². The third-order valence-electron chi connectivity index (χ3n) is 8.37. The van der Waals surface area contributed by atoms with E-state index in [4.69, 9.17) is 4.98 Å². The van der Waals surface area contributed by atoms with Gasteiger partial charge in [-0.15, -0.1) is 0 Å². The molecule has 2 fully saturated rings. The first-order valence-corrected chi connectivity index (χ1v) is 13.8. The molecule has 9 nitrogen and oxygen atoms in total. The summed E-state index contributed by atoms with van der Waals surface area (Å²) in [6.45, 7) is 4.58. The molecule has 0 spiro atoms. The van der Waals surface area contributed by atoms with Crippen LogP contribution in [0.1, 0.15) is 29.6 Å². The van der Waals surface area contributed by atoms with Crippen molar-refractivity contribution in [1.29, 1.82) is 0 Å². The standard InChI is InChI=1S/C30H32N6O3/c1-33-23-16-19-6-2-3-7-20(19)17-24(23)36-28-22(8-9-25(32-28)35-14-10-21(37)18-35)27(38)26(30(33)36)29(39)31-11-15-34-12-4-5-13-34/h2-3,6-9,16-17,21,37H,4-5,10-15,18H2,1H3,(H,31,39). The molecule has 0 saturated carbocycles. The number of benzene rings is 2. The number of likely N-dealkylation sites (tertiary alicyclic amines) is 1. The van der Waals surface area contributed by atoms with E-state index < -0.39 is 0 Å². The van der Waals surface area contributed by atoms with Crippen molar-refractivity contribution in [3.05, 3.63) is 64.3 Å². The maximum absolute atomic E-state index is 14.0. The molecular weight excluding hydrogens is 492 g/mol. The summed E-state index contributed by atoms with van der Waals surface area (Å²) in [5.41, 5.74) is 2.66. The van der Waals surface area contributed by atoms with Crippen LogP contribution in [0, 0.1) is 0 Å². The Morgan fingerprint density at radius 1 is 1.05 bits per heavy atom. The van der Waals surface area contributed by atoms with Crippen molar-refractivity contribution in [3.8, 4) is 0 Å². The minimum absolute atomic E-state index is 0.137. The van der Waals surface area contributed by atoms with Crippen molar-refractivity contribution in [3.63, 3.8) is 0 Å². The number of imidazole rings is 1. The average molecular weight is 525 g/mol. The van der Waals surface area contributed by atoms with Gasteiger partial charge in [0.05, 0.1) is 22.5 Å². The number of rotatable bonds is 5. The largest absolute Gasteiger partial charge is 0.391 e. The molecule has 0 radical (unpaired) electrons. The summed E-state index contributed by atoms with van der Waals surface area (Å²) in [6, 6.07) is 15.9. The van der Waals surface area contributed by atoms with Gasteiger partial charge in [-0.2, -0.15) is 0 Å². The maximum Gasteiger partial charge on any atom is 0.259 e. The quantitative estimate of drug-likeness (QED) is 0.367. The molecule has 39 heavy (non-hydrogen) atoms. The molecule has 1 atom stereocenters. The van der Waals surface area contributed by atoms with Crippen LogP contribution >= 0.6 is 0 Å². The number of amides is 1. The van der Waals surface area contributed by atoms with Gasteiger partial charge in [-0.05, 0) is 67.4 Å². The smallest absolute Gasteiger partial charge is 0.259 e. The van der Waals surface area contributed by atoms with Crippen molar-refractivity contribution >= 4 is 50.2 Å². The summed E-state index contributed by atoms with van der Waals surface area (Å²) >= 11 is 0. The van der Waals surface area contributed by atoms with Crippen LogP contribution < -0.4 is 15.6 Å². The van der Waals surface area contributed by atoms with Gasteiger partial charge in [-0.25, -0.2) is 4.98 Å². The molecule has 3 aromatic heterocycles. The zero-order valence-corrected chi connectivity index (χ0v) is 22.1. The lowest BCUT2D eigenvalue weighted by Crippen LogP contribution is -2.36. The van der Waals surface area contributed by atoms with Crippen LogP contribution in [0.2, 0.25) is 0 Å². The Labute approximate surface area is 225 Å². The first kappa shape index (κ1) is 24.1. The lowest BCUT2D eigenvalue weighted by Gasteiger charge is -2.18.